The van der Waals surface area contributed by atoms with E-state index in [9.17, 15) is 14.0 Å². The fraction of sp³-hybridized carbons (Fsp3) is 0.500. The highest BCUT2D eigenvalue weighted by Crippen LogP contribution is 2.43. The third kappa shape index (κ3) is 3.62. The van der Waals surface area contributed by atoms with Crippen LogP contribution in [0.3, 0.4) is 0 Å². The summed E-state index contributed by atoms with van der Waals surface area (Å²) in [5, 5.41) is 0. The topological polar surface area (TPSA) is 74.6 Å². The number of amides is 2. The average molecular weight is 400 g/mol. The van der Waals surface area contributed by atoms with Crippen LogP contribution in [0.15, 0.2) is 31.0 Å². The molecule has 154 valence electrons. The summed E-state index contributed by atoms with van der Waals surface area (Å²) in [4.78, 5) is 39.5. The molecule has 0 radical (unpaired) electrons. The third-order valence-electron chi connectivity index (χ3n) is 5.84. The van der Waals surface area contributed by atoms with Crippen molar-refractivity contribution in [2.45, 2.75) is 0 Å². The van der Waals surface area contributed by atoms with Crippen molar-refractivity contribution in [1.82, 2.24) is 29.2 Å². The molecule has 2 fully saturated rings. The molecule has 0 spiro atoms. The van der Waals surface area contributed by atoms with Crippen LogP contribution in [0.5, 0.6) is 0 Å². The van der Waals surface area contributed by atoms with Crippen molar-refractivity contribution in [2.75, 3.05) is 46.8 Å². The van der Waals surface area contributed by atoms with E-state index >= 15 is 0 Å². The fourth-order valence-corrected chi connectivity index (χ4v) is 4.74. The molecule has 2 unspecified atom stereocenters. The summed E-state index contributed by atoms with van der Waals surface area (Å²) in [6.07, 6.45) is 5.83. The van der Waals surface area contributed by atoms with Crippen molar-refractivity contribution >= 4 is 11.8 Å². The quantitative estimate of drug-likeness (QED) is 0.757. The summed E-state index contributed by atoms with van der Waals surface area (Å²) in [5.74, 6) is -0.661. The summed E-state index contributed by atoms with van der Waals surface area (Å²) < 4.78 is 15.3. The van der Waals surface area contributed by atoms with Crippen LogP contribution in [0.4, 0.5) is 4.39 Å². The smallest absolute Gasteiger partial charge is 0.274 e. The van der Waals surface area contributed by atoms with Gasteiger partial charge in [0.1, 0.15) is 11.5 Å². The predicted molar refractivity (Wildman–Crippen MR) is 104 cm³/mol. The lowest BCUT2D eigenvalue weighted by atomic mass is 9.80. The van der Waals surface area contributed by atoms with Crippen molar-refractivity contribution in [1.29, 1.82) is 0 Å². The Kier molecular flexibility index (Phi) is 4.85. The van der Waals surface area contributed by atoms with Crippen LogP contribution in [-0.4, -0.2) is 87.9 Å². The van der Waals surface area contributed by atoms with Gasteiger partial charge in [-0.1, -0.05) is 0 Å². The molecular formula is C20H25FN6O2. The number of fused-ring (bicyclic) bond motifs is 1. The first-order chi connectivity index (χ1) is 13.8. The lowest BCUT2D eigenvalue weighted by molar-refractivity contribution is 0.0698. The molecule has 29 heavy (non-hydrogen) atoms. The van der Waals surface area contributed by atoms with Crippen molar-refractivity contribution in [2.24, 2.45) is 18.4 Å². The summed E-state index contributed by atoms with van der Waals surface area (Å²) in [5.41, 5.74) is 0.474. The predicted octanol–water partition coefficient (Wildman–Crippen LogP) is 0.730. The standard InChI is InChI=1S/C20H25FN6O2/c1-24(2)10-20-11-26(18(28)14-4-16(21)6-22-5-14)7-15(20)8-27(12-20)19(29)17-9-25(3)13-23-17/h4-6,9,13,15H,7-8,10-12H2,1-3H3. The molecule has 2 amide bonds. The number of carbonyl (C=O) groups excluding carboxylic acids is 2. The van der Waals surface area contributed by atoms with Crippen LogP contribution in [0.2, 0.25) is 0 Å². The van der Waals surface area contributed by atoms with E-state index in [2.05, 4.69) is 14.9 Å². The van der Waals surface area contributed by atoms with E-state index < -0.39 is 5.82 Å². The molecular weight excluding hydrogens is 375 g/mol. The Bertz CT molecular complexity index is 945. The van der Waals surface area contributed by atoms with Gasteiger partial charge in [0.15, 0.2) is 0 Å². The van der Waals surface area contributed by atoms with Crippen LogP contribution in [0.1, 0.15) is 20.8 Å². The maximum Gasteiger partial charge on any atom is 0.274 e. The molecule has 8 nitrogen and oxygen atoms in total. The molecule has 0 bridgehead atoms. The zero-order valence-electron chi connectivity index (χ0n) is 16.9. The number of aryl methyl sites for hydroxylation is 1. The normalized spacial score (nSPS) is 23.7. The number of likely N-dealkylation sites (tertiary alicyclic amines) is 2. The van der Waals surface area contributed by atoms with Crippen molar-refractivity contribution in [3.05, 3.63) is 48.1 Å². The molecule has 2 aliphatic rings. The number of pyridine rings is 1. The first kappa shape index (κ1) is 19.5. The maximum absolute atomic E-state index is 13.5. The highest BCUT2D eigenvalue weighted by molar-refractivity contribution is 5.94. The zero-order chi connectivity index (χ0) is 20.8. The van der Waals surface area contributed by atoms with Gasteiger partial charge in [0.25, 0.3) is 11.8 Å². The number of aromatic nitrogens is 3. The van der Waals surface area contributed by atoms with E-state index in [0.717, 1.165) is 12.7 Å². The second-order valence-corrected chi connectivity index (χ2v) is 8.48. The molecule has 0 aromatic carbocycles. The molecule has 2 saturated heterocycles. The SMILES string of the molecule is CN(C)CC12CN(C(=O)c3cncc(F)c3)CC1CN(C(=O)c1cn(C)cn1)C2. The maximum atomic E-state index is 13.5. The Morgan fingerprint density at radius 2 is 1.90 bits per heavy atom. The number of hydrogen-bond acceptors (Lipinski definition) is 5. The third-order valence-corrected chi connectivity index (χ3v) is 5.84. The summed E-state index contributed by atoms with van der Waals surface area (Å²) >= 11 is 0. The minimum atomic E-state index is -0.523. The molecule has 2 aromatic heterocycles. The Hall–Kier alpha value is -2.81. The van der Waals surface area contributed by atoms with Crippen molar-refractivity contribution in [3.8, 4) is 0 Å². The Balaban J connectivity index is 1.54. The van der Waals surface area contributed by atoms with Crippen molar-refractivity contribution in [3.63, 3.8) is 0 Å². The van der Waals surface area contributed by atoms with Gasteiger partial charge in [-0.3, -0.25) is 14.6 Å². The Labute approximate surface area is 168 Å². The van der Waals surface area contributed by atoms with Gasteiger partial charge in [-0.25, -0.2) is 9.37 Å². The fourth-order valence-electron chi connectivity index (χ4n) is 4.74. The number of hydrogen-bond donors (Lipinski definition) is 0. The minimum Gasteiger partial charge on any atom is -0.340 e. The molecule has 9 heteroatoms. The van der Waals surface area contributed by atoms with E-state index in [4.69, 9.17) is 0 Å². The monoisotopic (exact) mass is 400 g/mol. The number of halogens is 1. The molecule has 2 atom stereocenters. The largest absolute Gasteiger partial charge is 0.340 e. The Morgan fingerprint density at radius 1 is 1.21 bits per heavy atom. The van der Waals surface area contributed by atoms with Crippen LogP contribution >= 0.6 is 0 Å². The first-order valence-electron chi connectivity index (χ1n) is 9.59. The van der Waals surface area contributed by atoms with Crippen LogP contribution in [0.25, 0.3) is 0 Å². The van der Waals surface area contributed by atoms with Gasteiger partial charge >= 0.3 is 0 Å². The van der Waals surface area contributed by atoms with Crippen LogP contribution < -0.4 is 0 Å². The van der Waals surface area contributed by atoms with Crippen molar-refractivity contribution < 1.29 is 14.0 Å². The average Bonchev–Trinajstić information content (AvgIpc) is 3.32. The van der Waals surface area contributed by atoms with E-state index in [1.165, 1.54) is 12.3 Å². The molecule has 4 heterocycles. The second kappa shape index (κ2) is 7.22. The first-order valence-corrected chi connectivity index (χ1v) is 9.59. The molecule has 2 aliphatic heterocycles. The van der Waals surface area contributed by atoms with Gasteiger partial charge in [-0.2, -0.15) is 0 Å². The molecule has 0 N–H and O–H groups in total. The molecule has 0 saturated carbocycles. The van der Waals surface area contributed by atoms with E-state index in [-0.39, 0.29) is 28.7 Å². The number of nitrogens with zero attached hydrogens (tertiary/aromatic N) is 6. The molecule has 0 aliphatic carbocycles. The number of carbonyl (C=O) groups is 2. The molecule has 2 aromatic rings. The lowest BCUT2D eigenvalue weighted by Gasteiger charge is -2.32. The highest BCUT2D eigenvalue weighted by Gasteiger charge is 2.54. The van der Waals surface area contributed by atoms with Gasteiger partial charge in [-0.15, -0.1) is 0 Å². The van der Waals surface area contributed by atoms with Gasteiger partial charge in [-0.05, 0) is 20.2 Å². The van der Waals surface area contributed by atoms with Gasteiger partial charge in [0, 0.05) is 63.5 Å². The van der Waals surface area contributed by atoms with E-state index in [1.54, 1.807) is 22.0 Å². The summed E-state index contributed by atoms with van der Waals surface area (Å²) in [6.45, 7) is 2.96. The Morgan fingerprint density at radius 3 is 2.48 bits per heavy atom. The number of imidazole rings is 1. The number of rotatable bonds is 4. The van der Waals surface area contributed by atoms with Gasteiger partial charge in [0.05, 0.1) is 18.1 Å². The summed E-state index contributed by atoms with van der Waals surface area (Å²) in [7, 11) is 5.83. The molecule has 4 rings (SSSR count). The van der Waals surface area contributed by atoms with Gasteiger partial charge in [0.2, 0.25) is 0 Å². The van der Waals surface area contributed by atoms with E-state index in [1.807, 2.05) is 26.0 Å². The van der Waals surface area contributed by atoms with E-state index in [0.29, 0.717) is 31.9 Å². The van der Waals surface area contributed by atoms with Crippen LogP contribution in [-0.2, 0) is 7.05 Å². The minimum absolute atomic E-state index is 0.0784. The summed E-state index contributed by atoms with van der Waals surface area (Å²) in [6, 6.07) is 1.22. The van der Waals surface area contributed by atoms with Crippen LogP contribution in [0, 0.1) is 17.2 Å². The second-order valence-electron chi connectivity index (χ2n) is 8.48. The lowest BCUT2D eigenvalue weighted by Crippen LogP contribution is -2.43. The van der Waals surface area contributed by atoms with Gasteiger partial charge < -0.3 is 19.3 Å². The zero-order valence-corrected chi connectivity index (χ0v) is 16.9. The highest BCUT2D eigenvalue weighted by atomic mass is 19.1.